The third-order valence-electron chi connectivity index (χ3n) is 5.49. The number of carbonyl (C=O) groups is 2. The molecule has 3 aliphatic rings. The van der Waals surface area contributed by atoms with Crippen LogP contribution in [0.2, 0.25) is 0 Å². The van der Waals surface area contributed by atoms with Crippen LogP contribution in [0, 0.1) is 33.8 Å². The van der Waals surface area contributed by atoms with Gasteiger partial charge in [0.1, 0.15) is 17.5 Å². The summed E-state index contributed by atoms with van der Waals surface area (Å²) in [6.07, 6.45) is 0.585. The van der Waals surface area contributed by atoms with E-state index in [0.29, 0.717) is 5.75 Å². The van der Waals surface area contributed by atoms with Gasteiger partial charge in [0.15, 0.2) is 0 Å². The Morgan fingerprint density at radius 1 is 1.44 bits per heavy atom. The minimum absolute atomic E-state index is 0.0104. The third kappa shape index (κ3) is 2.32. The van der Waals surface area contributed by atoms with E-state index < -0.39 is 16.8 Å². The van der Waals surface area contributed by atoms with E-state index in [2.05, 4.69) is 21.2 Å². The number of hydrogen-bond donors (Lipinski definition) is 1. The highest BCUT2D eigenvalue weighted by molar-refractivity contribution is 9.09. The number of benzene rings is 1. The van der Waals surface area contributed by atoms with Crippen molar-refractivity contribution >= 4 is 39.2 Å². The average Bonchev–Trinajstić information content (AvgIpc) is 3.19. The number of amides is 1. The van der Waals surface area contributed by atoms with Gasteiger partial charge in [0, 0.05) is 5.92 Å². The standard InChI is InChI=1S/C16H15BrN2O6/c1-24-6-2-3-9(10(4-6)19(22)23)18-15(20)11-7-5-8-12(11)16(21)25-14(8)13(7)17/h2-4,7-8,11-14H,5H2,1H3,(H,18,20)/t7-,8-,11-,12+,13+,14+/m1/s1. The van der Waals surface area contributed by atoms with Crippen molar-refractivity contribution in [1.29, 1.82) is 0 Å². The number of hydrogen-bond acceptors (Lipinski definition) is 6. The molecule has 1 aliphatic heterocycles. The van der Waals surface area contributed by atoms with Crippen LogP contribution in [0.3, 0.4) is 0 Å². The van der Waals surface area contributed by atoms with Crippen LogP contribution in [0.5, 0.6) is 5.75 Å². The largest absolute Gasteiger partial charge is 0.496 e. The monoisotopic (exact) mass is 410 g/mol. The van der Waals surface area contributed by atoms with Crippen molar-refractivity contribution in [3.05, 3.63) is 28.3 Å². The van der Waals surface area contributed by atoms with Crippen molar-refractivity contribution in [3.8, 4) is 5.75 Å². The van der Waals surface area contributed by atoms with Gasteiger partial charge in [-0.25, -0.2) is 0 Å². The highest BCUT2D eigenvalue weighted by Gasteiger charge is 2.67. The van der Waals surface area contributed by atoms with Crippen LogP contribution in [-0.2, 0) is 14.3 Å². The normalized spacial score (nSPS) is 34.7. The zero-order valence-corrected chi connectivity index (χ0v) is 14.8. The van der Waals surface area contributed by atoms with Crippen LogP contribution in [0.15, 0.2) is 18.2 Å². The maximum Gasteiger partial charge on any atom is 0.310 e. The summed E-state index contributed by atoms with van der Waals surface area (Å²) in [4.78, 5) is 35.6. The molecule has 3 fully saturated rings. The van der Waals surface area contributed by atoms with Crippen molar-refractivity contribution < 1.29 is 24.0 Å². The molecule has 6 atom stereocenters. The molecule has 25 heavy (non-hydrogen) atoms. The minimum atomic E-state index is -0.577. The van der Waals surface area contributed by atoms with Crippen LogP contribution >= 0.6 is 15.9 Å². The number of nitro groups is 1. The maximum absolute atomic E-state index is 12.8. The Morgan fingerprint density at radius 2 is 2.20 bits per heavy atom. The second-order valence-electron chi connectivity index (χ2n) is 6.59. The van der Waals surface area contributed by atoms with Gasteiger partial charge in [-0.05, 0) is 24.5 Å². The summed E-state index contributed by atoms with van der Waals surface area (Å²) in [6.45, 7) is 0. The lowest BCUT2D eigenvalue weighted by atomic mass is 9.79. The Kier molecular flexibility index (Phi) is 3.71. The number of esters is 1. The van der Waals surface area contributed by atoms with Gasteiger partial charge >= 0.3 is 5.97 Å². The molecule has 2 bridgehead atoms. The molecule has 1 heterocycles. The van der Waals surface area contributed by atoms with E-state index in [0.717, 1.165) is 6.42 Å². The number of carbonyl (C=O) groups excluding carboxylic acids is 2. The lowest BCUT2D eigenvalue weighted by Crippen LogP contribution is -2.40. The number of nitrogens with zero attached hydrogens (tertiary/aromatic N) is 1. The van der Waals surface area contributed by atoms with Crippen LogP contribution in [0.4, 0.5) is 11.4 Å². The summed E-state index contributed by atoms with van der Waals surface area (Å²) < 4.78 is 10.4. The van der Waals surface area contributed by atoms with Crippen molar-refractivity contribution in [2.75, 3.05) is 12.4 Å². The first-order valence-corrected chi connectivity index (χ1v) is 8.81. The molecule has 8 nitrogen and oxygen atoms in total. The molecule has 1 N–H and O–H groups in total. The molecular weight excluding hydrogens is 396 g/mol. The van der Waals surface area contributed by atoms with Crippen LogP contribution in [-0.4, -0.2) is 34.8 Å². The molecule has 1 saturated heterocycles. The Labute approximate surface area is 151 Å². The van der Waals surface area contributed by atoms with Gasteiger partial charge in [-0.15, -0.1) is 0 Å². The predicted octanol–water partition coefficient (Wildman–Crippen LogP) is 2.11. The van der Waals surface area contributed by atoms with Crippen LogP contribution in [0.1, 0.15) is 6.42 Å². The molecule has 0 radical (unpaired) electrons. The molecule has 4 rings (SSSR count). The minimum Gasteiger partial charge on any atom is -0.496 e. The molecule has 0 spiro atoms. The molecule has 1 amide bonds. The van der Waals surface area contributed by atoms with Crippen LogP contribution in [0.25, 0.3) is 0 Å². The lowest BCUT2D eigenvalue weighted by Gasteiger charge is -2.27. The summed E-state index contributed by atoms with van der Waals surface area (Å²) in [5, 5.41) is 13.9. The number of halogens is 1. The van der Waals surface area contributed by atoms with E-state index in [-0.39, 0.29) is 46.0 Å². The number of rotatable bonds is 4. The number of methoxy groups -OCH3 is 1. The zero-order valence-electron chi connectivity index (χ0n) is 13.2. The SMILES string of the molecule is COc1ccc(NC(=O)[C@@H]2[C@H]3C[C@H]4[C@H](OC(=O)[C@@H]42)[C@H]3Br)c([N+](=O)[O-])c1. The molecule has 1 aromatic carbocycles. The Balaban J connectivity index is 1.61. The first-order valence-electron chi connectivity index (χ1n) is 7.90. The first kappa shape index (κ1) is 16.3. The fourth-order valence-corrected chi connectivity index (χ4v) is 5.49. The zero-order chi connectivity index (χ0) is 17.9. The van der Waals surface area contributed by atoms with Crippen molar-refractivity contribution in [2.45, 2.75) is 17.4 Å². The highest BCUT2D eigenvalue weighted by atomic mass is 79.9. The van der Waals surface area contributed by atoms with Crippen molar-refractivity contribution in [3.63, 3.8) is 0 Å². The second kappa shape index (κ2) is 5.69. The fourth-order valence-electron chi connectivity index (χ4n) is 4.44. The quantitative estimate of drug-likeness (QED) is 0.352. The lowest BCUT2D eigenvalue weighted by molar-refractivity contribution is -0.384. The number of nitro benzene ring substituents is 1. The average molecular weight is 411 g/mol. The molecule has 0 unspecified atom stereocenters. The molecule has 1 aromatic rings. The number of alkyl halides is 1. The molecule has 132 valence electrons. The van der Waals surface area contributed by atoms with E-state index in [4.69, 9.17) is 9.47 Å². The number of nitrogens with one attached hydrogen (secondary N) is 1. The molecular formula is C16H15BrN2O6. The van der Waals surface area contributed by atoms with Crippen molar-refractivity contribution in [2.24, 2.45) is 23.7 Å². The van der Waals surface area contributed by atoms with E-state index in [1.807, 2.05) is 0 Å². The fraction of sp³-hybridized carbons (Fsp3) is 0.500. The molecule has 2 aliphatic carbocycles. The third-order valence-corrected chi connectivity index (χ3v) is 6.69. The summed E-state index contributed by atoms with van der Waals surface area (Å²) in [6, 6.07) is 4.23. The van der Waals surface area contributed by atoms with Crippen molar-refractivity contribution in [1.82, 2.24) is 0 Å². The summed E-state index contributed by atoms with van der Waals surface area (Å²) >= 11 is 3.54. The Bertz CT molecular complexity index is 784. The smallest absolute Gasteiger partial charge is 0.310 e. The van der Waals surface area contributed by atoms with E-state index in [1.165, 1.54) is 25.3 Å². The number of anilines is 1. The summed E-state index contributed by atoms with van der Waals surface area (Å²) in [5.74, 6) is -1.36. The van der Waals surface area contributed by atoms with Gasteiger partial charge in [-0.2, -0.15) is 0 Å². The van der Waals surface area contributed by atoms with Gasteiger partial charge in [0.05, 0.1) is 34.8 Å². The van der Waals surface area contributed by atoms with E-state index in [9.17, 15) is 19.7 Å². The topological polar surface area (TPSA) is 108 Å². The number of fused-ring (bicyclic) bond motifs is 1. The van der Waals surface area contributed by atoms with Gasteiger partial charge in [-0.3, -0.25) is 19.7 Å². The summed E-state index contributed by atoms with van der Waals surface area (Å²) in [5.41, 5.74) is -0.161. The summed E-state index contributed by atoms with van der Waals surface area (Å²) in [7, 11) is 1.41. The maximum atomic E-state index is 12.8. The van der Waals surface area contributed by atoms with Gasteiger partial charge < -0.3 is 14.8 Å². The van der Waals surface area contributed by atoms with E-state index in [1.54, 1.807) is 0 Å². The van der Waals surface area contributed by atoms with Gasteiger partial charge in [0.25, 0.3) is 5.69 Å². The highest BCUT2D eigenvalue weighted by Crippen LogP contribution is 2.60. The number of ether oxygens (including phenoxy) is 2. The van der Waals surface area contributed by atoms with E-state index >= 15 is 0 Å². The first-order chi connectivity index (χ1) is 11.9. The second-order valence-corrected chi connectivity index (χ2v) is 7.65. The van der Waals surface area contributed by atoms with Gasteiger partial charge in [0.2, 0.25) is 5.91 Å². The van der Waals surface area contributed by atoms with Crippen LogP contribution < -0.4 is 10.1 Å². The van der Waals surface area contributed by atoms with Gasteiger partial charge in [-0.1, -0.05) is 15.9 Å². The Hall–Kier alpha value is -2.16. The molecule has 2 saturated carbocycles. The predicted molar refractivity (Wildman–Crippen MR) is 89.5 cm³/mol. The Morgan fingerprint density at radius 3 is 2.88 bits per heavy atom. The molecule has 9 heteroatoms. The molecule has 0 aromatic heterocycles.